The van der Waals surface area contributed by atoms with Gasteiger partial charge in [0.05, 0.1) is 0 Å². The minimum Gasteiger partial charge on any atom is -0.317 e. The van der Waals surface area contributed by atoms with Gasteiger partial charge in [-0.25, -0.2) is 13.1 Å². The predicted molar refractivity (Wildman–Crippen MR) is 92.6 cm³/mol. The Morgan fingerprint density at radius 3 is 2.76 bits per heavy atom. The summed E-state index contributed by atoms with van der Waals surface area (Å²) in [6.45, 7) is 4.17. The van der Waals surface area contributed by atoms with Gasteiger partial charge >= 0.3 is 0 Å². The zero-order chi connectivity index (χ0) is 15.3. The molecule has 0 radical (unpaired) electrons. The standard InChI is InChI=1S/C13H17BrN2O2S3/c1-2-15-6-5-11-3-4-13(20-11)21(17,18)16-8-12-7-10(14)9-19-12/h3-4,7,9,15-16H,2,5-6,8H2,1H3. The Balaban J connectivity index is 1.95. The largest absolute Gasteiger partial charge is 0.317 e. The molecule has 2 aromatic heterocycles. The Labute approximate surface area is 141 Å². The summed E-state index contributed by atoms with van der Waals surface area (Å²) in [6, 6.07) is 5.49. The van der Waals surface area contributed by atoms with Crippen molar-refractivity contribution < 1.29 is 8.42 Å². The first kappa shape index (κ1) is 17.1. The van der Waals surface area contributed by atoms with Crippen molar-refractivity contribution in [1.29, 1.82) is 0 Å². The first-order valence-corrected chi connectivity index (χ1v) is 10.5. The van der Waals surface area contributed by atoms with Gasteiger partial charge in [-0.05, 0) is 53.6 Å². The smallest absolute Gasteiger partial charge is 0.250 e. The van der Waals surface area contributed by atoms with Gasteiger partial charge in [0.2, 0.25) is 10.0 Å². The molecule has 2 heterocycles. The average Bonchev–Trinajstić information content (AvgIpc) is 3.06. The molecule has 0 spiro atoms. The molecule has 0 fully saturated rings. The Kier molecular flexibility index (Phi) is 6.39. The third-order valence-electron chi connectivity index (χ3n) is 2.76. The van der Waals surface area contributed by atoms with Crippen molar-refractivity contribution in [3.8, 4) is 0 Å². The number of hydrogen-bond acceptors (Lipinski definition) is 5. The maximum Gasteiger partial charge on any atom is 0.250 e. The molecule has 0 amide bonds. The fraction of sp³-hybridized carbons (Fsp3) is 0.385. The molecule has 2 rings (SSSR count). The van der Waals surface area contributed by atoms with Crippen LogP contribution >= 0.6 is 38.6 Å². The van der Waals surface area contributed by atoms with E-state index in [0.717, 1.165) is 33.7 Å². The molecule has 0 aliphatic carbocycles. The lowest BCUT2D eigenvalue weighted by Gasteiger charge is -2.03. The molecular weight excluding hydrogens is 392 g/mol. The quantitative estimate of drug-likeness (QED) is 0.659. The number of thiophene rings is 2. The van der Waals surface area contributed by atoms with Crippen LogP contribution in [0.2, 0.25) is 0 Å². The van der Waals surface area contributed by atoms with Crippen LogP contribution in [0.5, 0.6) is 0 Å². The highest BCUT2D eigenvalue weighted by Crippen LogP contribution is 2.23. The van der Waals surface area contributed by atoms with Gasteiger partial charge in [0, 0.05) is 26.2 Å². The molecule has 0 aromatic carbocycles. The average molecular weight is 409 g/mol. The van der Waals surface area contributed by atoms with Crippen LogP contribution in [0.25, 0.3) is 0 Å². The third-order valence-corrected chi connectivity index (χ3v) is 7.49. The normalized spacial score (nSPS) is 11.9. The molecule has 0 aliphatic rings. The van der Waals surface area contributed by atoms with Gasteiger partial charge in [-0.1, -0.05) is 6.92 Å². The van der Waals surface area contributed by atoms with E-state index in [1.165, 1.54) is 22.7 Å². The van der Waals surface area contributed by atoms with Gasteiger partial charge in [0.15, 0.2) is 0 Å². The summed E-state index contributed by atoms with van der Waals surface area (Å²) in [5, 5.41) is 5.17. The van der Waals surface area contributed by atoms with E-state index in [-0.39, 0.29) is 0 Å². The summed E-state index contributed by atoms with van der Waals surface area (Å²) in [5.41, 5.74) is 0. The van der Waals surface area contributed by atoms with Crippen LogP contribution in [-0.2, 0) is 23.0 Å². The number of rotatable bonds is 8. The Hall–Kier alpha value is -0.250. The maximum atomic E-state index is 12.2. The van der Waals surface area contributed by atoms with Gasteiger partial charge in [0.25, 0.3) is 0 Å². The molecular formula is C13H17BrN2O2S3. The van der Waals surface area contributed by atoms with Crippen LogP contribution in [0.15, 0.2) is 32.3 Å². The Bertz CT molecular complexity index is 679. The number of likely N-dealkylation sites (N-methyl/N-ethyl adjacent to an activating group) is 1. The molecule has 8 heteroatoms. The second-order valence-electron chi connectivity index (χ2n) is 4.38. The highest BCUT2D eigenvalue weighted by molar-refractivity contribution is 9.10. The molecule has 0 unspecified atom stereocenters. The summed E-state index contributed by atoms with van der Waals surface area (Å²) in [4.78, 5) is 2.06. The van der Waals surface area contributed by atoms with Crippen LogP contribution in [0.4, 0.5) is 0 Å². The van der Waals surface area contributed by atoms with Gasteiger partial charge in [0.1, 0.15) is 4.21 Å². The number of halogens is 1. The van der Waals surface area contributed by atoms with E-state index >= 15 is 0 Å². The van der Waals surface area contributed by atoms with Gasteiger partial charge in [-0.15, -0.1) is 22.7 Å². The fourth-order valence-corrected chi connectivity index (χ4v) is 5.60. The fourth-order valence-electron chi connectivity index (χ4n) is 1.71. The molecule has 0 bridgehead atoms. The molecule has 0 atom stereocenters. The third kappa shape index (κ3) is 5.15. The van der Waals surface area contributed by atoms with Crippen molar-refractivity contribution in [3.05, 3.63) is 37.8 Å². The zero-order valence-corrected chi connectivity index (χ0v) is 15.6. The van der Waals surface area contributed by atoms with Crippen LogP contribution in [-0.4, -0.2) is 21.5 Å². The first-order chi connectivity index (χ1) is 10.0. The van der Waals surface area contributed by atoms with Crippen LogP contribution in [0, 0.1) is 0 Å². The second-order valence-corrected chi connectivity index (χ2v) is 9.45. The lowest BCUT2D eigenvalue weighted by atomic mass is 10.3. The van der Waals surface area contributed by atoms with Gasteiger partial charge in [-0.2, -0.15) is 0 Å². The highest BCUT2D eigenvalue weighted by atomic mass is 79.9. The lowest BCUT2D eigenvalue weighted by molar-refractivity contribution is 0.584. The van der Waals surface area contributed by atoms with Crippen LogP contribution in [0.3, 0.4) is 0 Å². The summed E-state index contributed by atoms with van der Waals surface area (Å²) in [6.07, 6.45) is 0.853. The molecule has 0 saturated carbocycles. The molecule has 0 aliphatic heterocycles. The minimum atomic E-state index is -3.42. The molecule has 0 saturated heterocycles. The molecule has 4 nitrogen and oxygen atoms in total. The first-order valence-electron chi connectivity index (χ1n) is 6.53. The van der Waals surface area contributed by atoms with E-state index in [1.807, 2.05) is 17.5 Å². The monoisotopic (exact) mass is 408 g/mol. The SMILES string of the molecule is CCNCCc1ccc(S(=O)(=O)NCc2cc(Br)cs2)s1. The number of nitrogens with one attached hydrogen (secondary N) is 2. The van der Waals surface area contributed by atoms with Crippen LogP contribution < -0.4 is 10.0 Å². The van der Waals surface area contributed by atoms with Gasteiger partial charge in [-0.3, -0.25) is 0 Å². The summed E-state index contributed by atoms with van der Waals surface area (Å²) in [5.74, 6) is 0. The topological polar surface area (TPSA) is 58.2 Å². The van der Waals surface area contributed by atoms with Crippen molar-refractivity contribution in [2.24, 2.45) is 0 Å². The van der Waals surface area contributed by atoms with E-state index in [9.17, 15) is 8.42 Å². The van der Waals surface area contributed by atoms with Crippen molar-refractivity contribution in [2.45, 2.75) is 24.1 Å². The van der Waals surface area contributed by atoms with E-state index in [2.05, 4.69) is 32.9 Å². The minimum absolute atomic E-state index is 0.323. The molecule has 116 valence electrons. The Morgan fingerprint density at radius 2 is 2.10 bits per heavy atom. The van der Waals surface area contributed by atoms with Crippen molar-refractivity contribution in [2.75, 3.05) is 13.1 Å². The Morgan fingerprint density at radius 1 is 1.29 bits per heavy atom. The van der Waals surface area contributed by atoms with Crippen molar-refractivity contribution in [1.82, 2.24) is 10.0 Å². The highest BCUT2D eigenvalue weighted by Gasteiger charge is 2.16. The van der Waals surface area contributed by atoms with Crippen molar-refractivity contribution in [3.63, 3.8) is 0 Å². The summed E-state index contributed by atoms with van der Waals surface area (Å²) in [7, 11) is -3.42. The van der Waals surface area contributed by atoms with Gasteiger partial charge < -0.3 is 5.32 Å². The van der Waals surface area contributed by atoms with E-state index < -0.39 is 10.0 Å². The lowest BCUT2D eigenvalue weighted by Crippen LogP contribution is -2.21. The number of sulfonamides is 1. The zero-order valence-electron chi connectivity index (χ0n) is 11.6. The second kappa shape index (κ2) is 7.85. The predicted octanol–water partition coefficient (Wildman–Crippen LogP) is 3.20. The van der Waals surface area contributed by atoms with E-state index in [1.54, 1.807) is 6.07 Å². The van der Waals surface area contributed by atoms with Crippen molar-refractivity contribution >= 4 is 48.6 Å². The number of hydrogen-bond donors (Lipinski definition) is 2. The van der Waals surface area contributed by atoms with Crippen LogP contribution in [0.1, 0.15) is 16.7 Å². The molecule has 2 aromatic rings. The summed E-state index contributed by atoms with van der Waals surface area (Å²) >= 11 is 6.22. The maximum absolute atomic E-state index is 12.2. The summed E-state index contributed by atoms with van der Waals surface area (Å²) < 4.78 is 28.5. The molecule has 21 heavy (non-hydrogen) atoms. The van der Waals surface area contributed by atoms with E-state index in [4.69, 9.17) is 0 Å². The van der Waals surface area contributed by atoms with E-state index in [0.29, 0.717) is 10.8 Å². The molecule has 2 N–H and O–H groups in total.